The van der Waals surface area contributed by atoms with E-state index in [0.717, 1.165) is 5.56 Å². The smallest absolute Gasteiger partial charge is 0.128 e. The molecule has 0 aliphatic carbocycles. The number of halogens is 2. The van der Waals surface area contributed by atoms with Crippen molar-refractivity contribution in [3.05, 3.63) is 65.2 Å². The zero-order valence-electron chi connectivity index (χ0n) is 11.5. The molecular weight excluding hydrogens is 260 g/mol. The van der Waals surface area contributed by atoms with Crippen LogP contribution < -0.4 is 10.1 Å². The van der Waals surface area contributed by atoms with Gasteiger partial charge in [0.1, 0.15) is 24.0 Å². The zero-order chi connectivity index (χ0) is 14.5. The van der Waals surface area contributed by atoms with Gasteiger partial charge in [-0.2, -0.15) is 0 Å². The van der Waals surface area contributed by atoms with Gasteiger partial charge in [-0.3, -0.25) is 0 Å². The number of aryl methyl sites for hydroxylation is 1. The molecule has 1 atom stereocenters. The summed E-state index contributed by atoms with van der Waals surface area (Å²) in [6.07, 6.45) is 0. The van der Waals surface area contributed by atoms with Gasteiger partial charge in [-0.1, -0.05) is 24.3 Å². The van der Waals surface area contributed by atoms with E-state index in [0.29, 0.717) is 11.3 Å². The summed E-state index contributed by atoms with van der Waals surface area (Å²) in [5.41, 5.74) is 1.37. The fourth-order valence-electron chi connectivity index (χ4n) is 1.99. The van der Waals surface area contributed by atoms with Crippen molar-refractivity contribution >= 4 is 0 Å². The predicted octanol–water partition coefficient (Wildman–Crippen LogP) is 3.61. The van der Waals surface area contributed by atoms with Gasteiger partial charge in [-0.15, -0.1) is 0 Å². The molecule has 20 heavy (non-hydrogen) atoms. The Kier molecular flexibility index (Phi) is 4.69. The van der Waals surface area contributed by atoms with Crippen LogP contribution in [0.3, 0.4) is 0 Å². The van der Waals surface area contributed by atoms with Gasteiger partial charge in [-0.25, -0.2) is 8.78 Å². The monoisotopic (exact) mass is 277 g/mol. The molecule has 0 amide bonds. The van der Waals surface area contributed by atoms with Crippen LogP contribution in [0.4, 0.5) is 8.78 Å². The fourth-order valence-corrected chi connectivity index (χ4v) is 1.99. The molecule has 0 spiro atoms. The number of rotatable bonds is 5. The molecule has 0 fully saturated rings. The van der Waals surface area contributed by atoms with Crippen molar-refractivity contribution in [3.63, 3.8) is 0 Å². The Morgan fingerprint density at radius 1 is 1.15 bits per heavy atom. The molecule has 2 nitrogen and oxygen atoms in total. The number of hydrogen-bond acceptors (Lipinski definition) is 2. The molecule has 2 aromatic carbocycles. The van der Waals surface area contributed by atoms with Gasteiger partial charge in [0.2, 0.25) is 0 Å². The maximum atomic E-state index is 13.7. The van der Waals surface area contributed by atoms with Crippen molar-refractivity contribution in [1.29, 1.82) is 0 Å². The van der Waals surface area contributed by atoms with Gasteiger partial charge >= 0.3 is 0 Å². The third kappa shape index (κ3) is 3.33. The van der Waals surface area contributed by atoms with Crippen molar-refractivity contribution in [2.24, 2.45) is 0 Å². The lowest BCUT2D eigenvalue weighted by Gasteiger charge is -2.19. The summed E-state index contributed by atoms with van der Waals surface area (Å²) in [6, 6.07) is 10.6. The van der Waals surface area contributed by atoms with E-state index < -0.39 is 0 Å². The SMILES string of the molecule is CNC(COc1cc(F)ccc1C)c1ccccc1F. The minimum absolute atomic E-state index is 0.224. The number of nitrogens with one attached hydrogen (secondary N) is 1. The first-order valence-corrected chi connectivity index (χ1v) is 6.42. The minimum Gasteiger partial charge on any atom is -0.491 e. The Balaban J connectivity index is 2.12. The number of benzene rings is 2. The molecule has 1 unspecified atom stereocenters. The molecule has 0 aliphatic rings. The van der Waals surface area contributed by atoms with Gasteiger partial charge in [0.15, 0.2) is 0 Å². The molecule has 0 aromatic heterocycles. The molecule has 4 heteroatoms. The van der Waals surface area contributed by atoms with Crippen LogP contribution in [-0.2, 0) is 0 Å². The van der Waals surface area contributed by atoms with Gasteiger partial charge in [0, 0.05) is 11.6 Å². The van der Waals surface area contributed by atoms with Gasteiger partial charge in [0.25, 0.3) is 0 Å². The molecule has 1 N–H and O–H groups in total. The second-order valence-corrected chi connectivity index (χ2v) is 4.58. The summed E-state index contributed by atoms with van der Waals surface area (Å²) in [5, 5.41) is 3.00. The molecule has 2 aromatic rings. The Morgan fingerprint density at radius 2 is 1.90 bits per heavy atom. The molecule has 0 saturated heterocycles. The van der Waals surface area contributed by atoms with E-state index in [-0.39, 0.29) is 24.3 Å². The van der Waals surface area contributed by atoms with Crippen molar-refractivity contribution in [2.75, 3.05) is 13.7 Å². The van der Waals surface area contributed by atoms with Crippen LogP contribution in [-0.4, -0.2) is 13.7 Å². The normalized spacial score (nSPS) is 12.2. The fraction of sp³-hybridized carbons (Fsp3) is 0.250. The summed E-state index contributed by atoms with van der Waals surface area (Å²) in [6.45, 7) is 2.06. The highest BCUT2D eigenvalue weighted by molar-refractivity contribution is 5.33. The second-order valence-electron chi connectivity index (χ2n) is 4.58. The molecule has 2 rings (SSSR count). The van der Waals surface area contributed by atoms with Crippen molar-refractivity contribution in [2.45, 2.75) is 13.0 Å². The summed E-state index contributed by atoms with van der Waals surface area (Å²) >= 11 is 0. The molecule has 0 radical (unpaired) electrons. The van der Waals surface area contributed by atoms with E-state index >= 15 is 0 Å². The Morgan fingerprint density at radius 3 is 2.60 bits per heavy atom. The highest BCUT2D eigenvalue weighted by atomic mass is 19.1. The number of ether oxygens (including phenoxy) is 1. The van der Waals surface area contributed by atoms with E-state index in [1.807, 2.05) is 6.92 Å². The Hall–Kier alpha value is -1.94. The quantitative estimate of drug-likeness (QED) is 0.901. The first-order chi connectivity index (χ1) is 9.61. The molecular formula is C16H17F2NO. The molecule has 106 valence electrons. The second kappa shape index (κ2) is 6.48. The van der Waals surface area contributed by atoms with E-state index in [4.69, 9.17) is 4.74 Å². The zero-order valence-corrected chi connectivity index (χ0v) is 11.5. The summed E-state index contributed by atoms with van der Waals surface area (Å²) in [5.74, 6) is -0.162. The average molecular weight is 277 g/mol. The maximum absolute atomic E-state index is 13.7. The van der Waals surface area contributed by atoms with Gasteiger partial charge in [0.05, 0.1) is 6.04 Å². The van der Waals surface area contributed by atoms with E-state index in [1.54, 1.807) is 31.3 Å². The Bertz CT molecular complexity index is 586. The van der Waals surface area contributed by atoms with Gasteiger partial charge in [-0.05, 0) is 31.7 Å². The maximum Gasteiger partial charge on any atom is 0.128 e. The van der Waals surface area contributed by atoms with Crippen LogP contribution in [0.2, 0.25) is 0 Å². The predicted molar refractivity (Wildman–Crippen MR) is 74.8 cm³/mol. The van der Waals surface area contributed by atoms with E-state index in [2.05, 4.69) is 5.32 Å². The third-order valence-corrected chi connectivity index (χ3v) is 3.18. The number of hydrogen-bond donors (Lipinski definition) is 1. The third-order valence-electron chi connectivity index (χ3n) is 3.18. The summed E-state index contributed by atoms with van der Waals surface area (Å²) < 4.78 is 32.5. The van der Waals surface area contributed by atoms with Crippen molar-refractivity contribution in [1.82, 2.24) is 5.32 Å². The topological polar surface area (TPSA) is 21.3 Å². The van der Waals surface area contributed by atoms with E-state index in [9.17, 15) is 8.78 Å². The van der Waals surface area contributed by atoms with Crippen molar-refractivity contribution < 1.29 is 13.5 Å². The van der Waals surface area contributed by atoms with Crippen LogP contribution in [0, 0.1) is 18.6 Å². The standard InChI is InChI=1S/C16H17F2NO/c1-11-7-8-12(17)9-16(11)20-10-15(19-2)13-5-3-4-6-14(13)18/h3-9,15,19H,10H2,1-2H3. The summed E-state index contributed by atoms with van der Waals surface area (Å²) in [4.78, 5) is 0. The van der Waals surface area contributed by atoms with Crippen LogP contribution in [0.25, 0.3) is 0 Å². The van der Waals surface area contributed by atoms with Crippen LogP contribution in [0.5, 0.6) is 5.75 Å². The van der Waals surface area contributed by atoms with E-state index in [1.165, 1.54) is 18.2 Å². The lowest BCUT2D eigenvalue weighted by atomic mass is 10.1. The van der Waals surface area contributed by atoms with Crippen LogP contribution in [0.15, 0.2) is 42.5 Å². The molecule has 0 bridgehead atoms. The van der Waals surface area contributed by atoms with Crippen LogP contribution in [0.1, 0.15) is 17.2 Å². The molecule has 0 heterocycles. The lowest BCUT2D eigenvalue weighted by molar-refractivity contribution is 0.267. The van der Waals surface area contributed by atoms with Crippen LogP contribution >= 0.6 is 0 Å². The Labute approximate surface area is 117 Å². The first kappa shape index (κ1) is 14.5. The first-order valence-electron chi connectivity index (χ1n) is 6.42. The lowest BCUT2D eigenvalue weighted by Crippen LogP contribution is -2.24. The minimum atomic E-state index is -0.350. The van der Waals surface area contributed by atoms with Crippen molar-refractivity contribution in [3.8, 4) is 5.75 Å². The molecule has 0 aliphatic heterocycles. The highest BCUT2D eigenvalue weighted by Crippen LogP contribution is 2.22. The summed E-state index contributed by atoms with van der Waals surface area (Å²) in [7, 11) is 1.74. The van der Waals surface area contributed by atoms with Gasteiger partial charge < -0.3 is 10.1 Å². The molecule has 0 saturated carbocycles. The largest absolute Gasteiger partial charge is 0.491 e. The average Bonchev–Trinajstić information content (AvgIpc) is 2.45. The highest BCUT2D eigenvalue weighted by Gasteiger charge is 2.14. The number of likely N-dealkylation sites (N-methyl/N-ethyl adjacent to an activating group) is 1.